The van der Waals surface area contributed by atoms with Crippen LogP contribution in [0.15, 0.2) is 54.9 Å². The Morgan fingerprint density at radius 1 is 1.04 bits per heavy atom. The predicted octanol–water partition coefficient (Wildman–Crippen LogP) is 3.36. The van der Waals surface area contributed by atoms with Crippen molar-refractivity contribution in [2.45, 2.75) is 0 Å². The number of rotatable bonds is 6. The average molecular weight is 375 g/mol. The van der Waals surface area contributed by atoms with Crippen LogP contribution in [0.1, 0.15) is 16.1 Å². The smallest absolute Gasteiger partial charge is 0.275 e. The maximum atomic E-state index is 12.5. The summed E-state index contributed by atoms with van der Waals surface area (Å²) in [6, 6.07) is 14.2. The maximum absolute atomic E-state index is 12.5. The number of anilines is 3. The highest BCUT2D eigenvalue weighted by atomic mass is 16.5. The second-order valence-electron chi connectivity index (χ2n) is 5.59. The molecule has 0 aliphatic rings. The fourth-order valence-electron chi connectivity index (χ4n) is 2.44. The van der Waals surface area contributed by atoms with Crippen LogP contribution in [-0.4, -0.2) is 30.1 Å². The third kappa shape index (κ3) is 4.16. The van der Waals surface area contributed by atoms with E-state index in [1.54, 1.807) is 42.5 Å². The Labute approximate surface area is 161 Å². The number of nitrogens with one attached hydrogen (secondary N) is 2. The largest absolute Gasteiger partial charge is 0.497 e. The Morgan fingerprint density at radius 3 is 2.54 bits per heavy atom. The molecule has 0 radical (unpaired) electrons. The number of hydrogen-bond acceptors (Lipinski definition) is 7. The number of para-hydroxylation sites is 1. The Hall–Kier alpha value is -4.12. The summed E-state index contributed by atoms with van der Waals surface area (Å²) in [5.74, 6) is 1.05. The van der Waals surface area contributed by atoms with Gasteiger partial charge in [0.25, 0.3) is 5.91 Å². The molecule has 1 amide bonds. The van der Waals surface area contributed by atoms with Crippen LogP contribution in [0.2, 0.25) is 0 Å². The molecule has 0 bridgehead atoms. The minimum atomic E-state index is -0.442. The number of benzene rings is 2. The van der Waals surface area contributed by atoms with Gasteiger partial charge in [-0.1, -0.05) is 12.1 Å². The lowest BCUT2D eigenvalue weighted by Crippen LogP contribution is -2.15. The molecule has 0 aliphatic carbocycles. The van der Waals surface area contributed by atoms with Crippen LogP contribution in [0.4, 0.5) is 17.2 Å². The first-order valence-electron chi connectivity index (χ1n) is 8.26. The lowest BCUT2D eigenvalue weighted by Gasteiger charge is -2.11. The van der Waals surface area contributed by atoms with E-state index >= 15 is 0 Å². The number of carbonyl (C=O) groups is 1. The molecular weight excluding hydrogens is 358 g/mol. The summed E-state index contributed by atoms with van der Waals surface area (Å²) in [5.41, 5.74) is 1.68. The van der Waals surface area contributed by atoms with Gasteiger partial charge in [-0.05, 0) is 24.3 Å². The lowest BCUT2D eigenvalue weighted by molar-refractivity contribution is 0.102. The monoisotopic (exact) mass is 375 g/mol. The number of methoxy groups -OCH3 is 2. The van der Waals surface area contributed by atoms with Gasteiger partial charge in [0.15, 0.2) is 0 Å². The SMILES string of the molecule is COc1ccc(OC)c(NC(=O)c2cnc(Nc3ccccc3C#N)cn2)c1. The fraction of sp³-hybridized carbons (Fsp3) is 0.100. The van der Waals surface area contributed by atoms with Gasteiger partial charge < -0.3 is 20.1 Å². The van der Waals surface area contributed by atoms with Crippen molar-refractivity contribution >= 4 is 23.1 Å². The van der Waals surface area contributed by atoms with Crippen molar-refractivity contribution in [2.24, 2.45) is 0 Å². The maximum Gasteiger partial charge on any atom is 0.275 e. The lowest BCUT2D eigenvalue weighted by atomic mass is 10.2. The van der Waals surface area contributed by atoms with Crippen molar-refractivity contribution in [1.29, 1.82) is 5.26 Å². The van der Waals surface area contributed by atoms with E-state index in [-0.39, 0.29) is 5.69 Å². The van der Waals surface area contributed by atoms with Gasteiger partial charge >= 0.3 is 0 Å². The Kier molecular flexibility index (Phi) is 5.67. The van der Waals surface area contributed by atoms with E-state index in [4.69, 9.17) is 14.7 Å². The van der Waals surface area contributed by atoms with Gasteiger partial charge in [-0.15, -0.1) is 0 Å². The first-order valence-corrected chi connectivity index (χ1v) is 8.26. The van der Waals surface area contributed by atoms with E-state index in [0.717, 1.165) is 0 Å². The van der Waals surface area contributed by atoms with Gasteiger partial charge in [-0.2, -0.15) is 5.26 Å². The second kappa shape index (κ2) is 8.51. The first-order chi connectivity index (χ1) is 13.6. The van der Waals surface area contributed by atoms with E-state index in [9.17, 15) is 4.79 Å². The van der Waals surface area contributed by atoms with Crippen LogP contribution in [0, 0.1) is 11.3 Å². The third-order valence-corrected chi connectivity index (χ3v) is 3.85. The molecule has 1 heterocycles. The molecular formula is C20H17N5O3. The summed E-state index contributed by atoms with van der Waals surface area (Å²) >= 11 is 0. The van der Waals surface area contributed by atoms with Gasteiger partial charge in [0.05, 0.1) is 43.6 Å². The molecule has 3 rings (SSSR count). The Balaban J connectivity index is 1.75. The van der Waals surface area contributed by atoms with Crippen LogP contribution in [0.3, 0.4) is 0 Å². The zero-order chi connectivity index (χ0) is 19.9. The summed E-state index contributed by atoms with van der Waals surface area (Å²) in [4.78, 5) is 20.8. The van der Waals surface area contributed by atoms with Crippen molar-refractivity contribution in [2.75, 3.05) is 24.9 Å². The standard InChI is InChI=1S/C20H17N5O3/c1-27-14-7-8-18(28-2)16(9-14)25-20(26)17-11-23-19(12-22-17)24-15-6-4-3-5-13(15)10-21/h3-9,11-12H,1-2H3,(H,23,24)(H,25,26). The number of aromatic nitrogens is 2. The second-order valence-corrected chi connectivity index (χ2v) is 5.59. The molecule has 8 nitrogen and oxygen atoms in total. The topological polar surface area (TPSA) is 109 Å². The molecule has 0 aliphatic heterocycles. The van der Waals surface area contributed by atoms with Crippen molar-refractivity contribution in [1.82, 2.24) is 9.97 Å². The molecule has 0 saturated carbocycles. The summed E-state index contributed by atoms with van der Waals surface area (Å²) in [6.07, 6.45) is 2.77. The van der Waals surface area contributed by atoms with Crippen molar-refractivity contribution in [3.05, 3.63) is 66.1 Å². The number of ether oxygens (including phenoxy) is 2. The molecule has 0 atom stereocenters. The van der Waals surface area contributed by atoms with Crippen LogP contribution in [0.25, 0.3) is 0 Å². The number of nitrogens with zero attached hydrogens (tertiary/aromatic N) is 3. The molecule has 28 heavy (non-hydrogen) atoms. The van der Waals surface area contributed by atoms with Gasteiger partial charge in [0.2, 0.25) is 0 Å². The Bertz CT molecular complexity index is 1030. The zero-order valence-corrected chi connectivity index (χ0v) is 15.3. The minimum absolute atomic E-state index is 0.129. The van der Waals surface area contributed by atoms with Gasteiger partial charge in [-0.3, -0.25) is 4.79 Å². The van der Waals surface area contributed by atoms with Crippen LogP contribution in [0.5, 0.6) is 11.5 Å². The van der Waals surface area contributed by atoms with Crippen LogP contribution >= 0.6 is 0 Å². The number of nitriles is 1. The zero-order valence-electron chi connectivity index (χ0n) is 15.3. The summed E-state index contributed by atoms with van der Waals surface area (Å²) in [5, 5.41) is 14.9. The number of carbonyl (C=O) groups excluding carboxylic acids is 1. The number of hydrogen-bond donors (Lipinski definition) is 2. The molecule has 0 spiro atoms. The summed E-state index contributed by atoms with van der Waals surface area (Å²) < 4.78 is 10.4. The Morgan fingerprint density at radius 2 is 1.86 bits per heavy atom. The highest BCUT2D eigenvalue weighted by molar-refractivity contribution is 6.03. The molecule has 3 aromatic rings. The fourth-order valence-corrected chi connectivity index (χ4v) is 2.44. The minimum Gasteiger partial charge on any atom is -0.497 e. The van der Waals surface area contributed by atoms with Crippen molar-refractivity contribution < 1.29 is 14.3 Å². The molecule has 0 unspecified atom stereocenters. The molecule has 2 aromatic carbocycles. The molecule has 2 N–H and O–H groups in total. The van der Waals surface area contributed by atoms with E-state index in [0.29, 0.717) is 34.3 Å². The number of amides is 1. The van der Waals surface area contributed by atoms with E-state index in [1.807, 2.05) is 0 Å². The normalized spacial score (nSPS) is 9.89. The van der Waals surface area contributed by atoms with Crippen LogP contribution < -0.4 is 20.1 Å². The van der Waals surface area contributed by atoms with E-state index in [1.165, 1.54) is 26.6 Å². The highest BCUT2D eigenvalue weighted by Crippen LogP contribution is 2.29. The molecule has 8 heteroatoms. The molecule has 1 aromatic heterocycles. The predicted molar refractivity (Wildman–Crippen MR) is 104 cm³/mol. The van der Waals surface area contributed by atoms with Crippen molar-refractivity contribution in [3.8, 4) is 17.6 Å². The average Bonchev–Trinajstić information content (AvgIpc) is 2.74. The summed E-state index contributed by atoms with van der Waals surface area (Å²) in [6.45, 7) is 0. The quantitative estimate of drug-likeness (QED) is 0.680. The molecule has 0 fully saturated rings. The van der Waals surface area contributed by atoms with Gasteiger partial charge in [0.1, 0.15) is 29.1 Å². The van der Waals surface area contributed by atoms with Crippen LogP contribution in [-0.2, 0) is 0 Å². The summed E-state index contributed by atoms with van der Waals surface area (Å²) in [7, 11) is 3.05. The van der Waals surface area contributed by atoms with E-state index in [2.05, 4.69) is 26.7 Å². The molecule has 140 valence electrons. The van der Waals surface area contributed by atoms with E-state index < -0.39 is 5.91 Å². The highest BCUT2D eigenvalue weighted by Gasteiger charge is 2.13. The first kappa shape index (κ1) is 18.7. The third-order valence-electron chi connectivity index (χ3n) is 3.85. The van der Waals surface area contributed by atoms with Gasteiger partial charge in [0, 0.05) is 6.07 Å². The van der Waals surface area contributed by atoms with Gasteiger partial charge in [-0.25, -0.2) is 9.97 Å². The molecule has 0 saturated heterocycles. The van der Waals surface area contributed by atoms with Crippen molar-refractivity contribution in [3.63, 3.8) is 0 Å².